The molecule has 1 unspecified atom stereocenters. The summed E-state index contributed by atoms with van der Waals surface area (Å²) in [5.41, 5.74) is 5.15. The molecule has 0 fully saturated rings. The molecule has 4 nitrogen and oxygen atoms in total. The highest BCUT2D eigenvalue weighted by Crippen LogP contribution is 2.16. The third-order valence-electron chi connectivity index (χ3n) is 2.63. The minimum atomic E-state index is -0.769. The van der Waals surface area contributed by atoms with Crippen LogP contribution in [0.1, 0.15) is 30.2 Å². The molecule has 0 aliphatic rings. The van der Waals surface area contributed by atoms with Crippen molar-refractivity contribution in [2.24, 2.45) is 5.73 Å². The molecule has 0 saturated carbocycles. The topological polar surface area (TPSA) is 59.2 Å². The lowest BCUT2D eigenvalue weighted by Crippen LogP contribution is -2.51. The van der Waals surface area contributed by atoms with Crippen molar-refractivity contribution in [3.05, 3.63) is 16.1 Å². The van der Waals surface area contributed by atoms with Gasteiger partial charge < -0.3 is 10.6 Å². The van der Waals surface area contributed by atoms with Crippen LogP contribution in [0.2, 0.25) is 0 Å². The summed E-state index contributed by atoms with van der Waals surface area (Å²) < 4.78 is 0. The van der Waals surface area contributed by atoms with Crippen molar-refractivity contribution < 1.29 is 4.79 Å². The molecule has 1 atom stereocenters. The molecule has 1 aromatic heterocycles. The van der Waals surface area contributed by atoms with E-state index in [1.165, 1.54) is 0 Å². The fourth-order valence-electron chi connectivity index (χ4n) is 1.37. The van der Waals surface area contributed by atoms with E-state index in [1.54, 1.807) is 30.2 Å². The van der Waals surface area contributed by atoms with E-state index in [-0.39, 0.29) is 5.91 Å². The number of carbonyl (C=O) groups is 1. The monoisotopic (exact) mass is 241 g/mol. The first-order valence-corrected chi connectivity index (χ1v) is 6.14. The fraction of sp³-hybridized carbons (Fsp3) is 0.636. The van der Waals surface area contributed by atoms with Gasteiger partial charge in [-0.15, -0.1) is 11.3 Å². The maximum atomic E-state index is 12.0. The summed E-state index contributed by atoms with van der Waals surface area (Å²) in [5, 5.41) is 1.02. The van der Waals surface area contributed by atoms with Gasteiger partial charge >= 0.3 is 0 Å². The van der Waals surface area contributed by atoms with E-state index in [0.29, 0.717) is 13.0 Å². The number of aromatic nitrogens is 1. The maximum Gasteiger partial charge on any atom is 0.242 e. The number of nitrogens with two attached hydrogens (primary N) is 1. The first kappa shape index (κ1) is 13.1. The lowest BCUT2D eigenvalue weighted by molar-refractivity contribution is -0.135. The predicted octanol–water partition coefficient (Wildman–Crippen LogP) is 1.54. The zero-order valence-electron chi connectivity index (χ0n) is 10.3. The van der Waals surface area contributed by atoms with E-state index < -0.39 is 5.54 Å². The van der Waals surface area contributed by atoms with Crippen LogP contribution in [0.3, 0.4) is 0 Å². The van der Waals surface area contributed by atoms with Crippen LogP contribution >= 0.6 is 11.3 Å². The highest BCUT2D eigenvalue weighted by molar-refractivity contribution is 7.11. The Labute approximate surface area is 100 Å². The number of nitrogens with zero attached hydrogens (tertiary/aromatic N) is 2. The van der Waals surface area contributed by atoms with E-state index in [4.69, 9.17) is 5.73 Å². The molecule has 0 aliphatic heterocycles. The number of rotatable bonds is 4. The maximum absolute atomic E-state index is 12.0. The number of hydrogen-bond donors (Lipinski definition) is 1. The second-order valence-electron chi connectivity index (χ2n) is 4.28. The van der Waals surface area contributed by atoms with Crippen LogP contribution < -0.4 is 5.73 Å². The summed E-state index contributed by atoms with van der Waals surface area (Å²) in [4.78, 5) is 18.9. The van der Waals surface area contributed by atoms with Gasteiger partial charge in [0.25, 0.3) is 0 Å². The van der Waals surface area contributed by atoms with Gasteiger partial charge in [-0.3, -0.25) is 4.79 Å². The number of likely N-dealkylation sites (N-methyl/N-ethyl adjacent to an activating group) is 1. The Bertz CT molecular complexity index is 373. The molecule has 0 aliphatic carbocycles. The van der Waals surface area contributed by atoms with Crippen LogP contribution in [0.25, 0.3) is 0 Å². The SMILES string of the molecule is CCC(C)(N)C(=O)N(C)Cc1cnc(C)s1. The molecule has 90 valence electrons. The second-order valence-corrected chi connectivity index (χ2v) is 5.60. The number of amides is 1. The molecule has 0 aromatic carbocycles. The van der Waals surface area contributed by atoms with Crippen molar-refractivity contribution in [1.82, 2.24) is 9.88 Å². The first-order valence-electron chi connectivity index (χ1n) is 5.32. The third kappa shape index (κ3) is 3.02. The summed E-state index contributed by atoms with van der Waals surface area (Å²) in [7, 11) is 1.78. The quantitative estimate of drug-likeness (QED) is 0.870. The molecular weight excluding hydrogens is 222 g/mol. The summed E-state index contributed by atoms with van der Waals surface area (Å²) in [6.45, 7) is 6.22. The normalized spacial score (nSPS) is 14.6. The molecule has 0 spiro atoms. The molecule has 5 heteroatoms. The number of thiazole rings is 1. The van der Waals surface area contributed by atoms with Gasteiger partial charge in [0, 0.05) is 18.1 Å². The van der Waals surface area contributed by atoms with Gasteiger partial charge in [-0.1, -0.05) is 6.92 Å². The van der Waals surface area contributed by atoms with Crippen LogP contribution in [0.4, 0.5) is 0 Å². The largest absolute Gasteiger partial charge is 0.339 e. The van der Waals surface area contributed by atoms with Gasteiger partial charge in [-0.25, -0.2) is 4.98 Å². The van der Waals surface area contributed by atoms with Crippen molar-refractivity contribution in [2.45, 2.75) is 39.3 Å². The first-order chi connectivity index (χ1) is 7.36. The molecule has 0 saturated heterocycles. The third-order valence-corrected chi connectivity index (χ3v) is 3.53. The van der Waals surface area contributed by atoms with Gasteiger partial charge in [0.1, 0.15) is 0 Å². The standard InChI is InChI=1S/C11H19N3OS/c1-5-11(3,12)10(15)14(4)7-9-6-13-8(2)16-9/h6H,5,7,12H2,1-4H3. The van der Waals surface area contributed by atoms with E-state index in [1.807, 2.05) is 20.0 Å². The average molecular weight is 241 g/mol. The fourth-order valence-corrected chi connectivity index (χ4v) is 2.22. The molecule has 1 heterocycles. The van der Waals surface area contributed by atoms with Crippen molar-refractivity contribution in [2.75, 3.05) is 7.05 Å². The summed E-state index contributed by atoms with van der Waals surface area (Å²) in [6.07, 6.45) is 2.45. The van der Waals surface area contributed by atoms with E-state index in [0.717, 1.165) is 9.88 Å². The van der Waals surface area contributed by atoms with Gasteiger partial charge in [-0.2, -0.15) is 0 Å². The smallest absolute Gasteiger partial charge is 0.242 e. The Morgan fingerprint density at radius 3 is 2.75 bits per heavy atom. The van der Waals surface area contributed by atoms with Gasteiger partial charge in [0.2, 0.25) is 5.91 Å². The Morgan fingerprint density at radius 1 is 1.69 bits per heavy atom. The van der Waals surface area contributed by atoms with Gasteiger partial charge in [0.05, 0.1) is 17.1 Å². The van der Waals surface area contributed by atoms with E-state index in [2.05, 4.69) is 4.98 Å². The Balaban J connectivity index is 2.65. The summed E-state index contributed by atoms with van der Waals surface area (Å²) in [5.74, 6) is -0.0268. The van der Waals surface area contributed by atoms with Crippen molar-refractivity contribution in [3.63, 3.8) is 0 Å². The molecular formula is C11H19N3OS. The van der Waals surface area contributed by atoms with Crippen molar-refractivity contribution in [3.8, 4) is 0 Å². The highest BCUT2D eigenvalue weighted by atomic mass is 32.1. The Kier molecular flexibility index (Phi) is 4.04. The number of carbonyl (C=O) groups excluding carboxylic acids is 1. The minimum Gasteiger partial charge on any atom is -0.339 e. The predicted molar refractivity (Wildman–Crippen MR) is 66.2 cm³/mol. The van der Waals surface area contributed by atoms with Crippen molar-refractivity contribution in [1.29, 1.82) is 0 Å². The molecule has 1 aromatic rings. The van der Waals surface area contributed by atoms with Crippen LogP contribution in [-0.2, 0) is 11.3 Å². The van der Waals surface area contributed by atoms with Gasteiger partial charge in [0.15, 0.2) is 0 Å². The number of aryl methyl sites for hydroxylation is 1. The van der Waals surface area contributed by atoms with Crippen LogP contribution in [0.15, 0.2) is 6.20 Å². The minimum absolute atomic E-state index is 0.0268. The molecule has 1 rings (SSSR count). The number of hydrogen-bond acceptors (Lipinski definition) is 4. The lowest BCUT2D eigenvalue weighted by atomic mass is 9.99. The van der Waals surface area contributed by atoms with Crippen molar-refractivity contribution >= 4 is 17.2 Å². The molecule has 0 radical (unpaired) electrons. The van der Waals surface area contributed by atoms with Crippen LogP contribution in [0, 0.1) is 6.92 Å². The van der Waals surface area contributed by atoms with Crippen LogP contribution in [0.5, 0.6) is 0 Å². The Hall–Kier alpha value is -0.940. The zero-order valence-corrected chi connectivity index (χ0v) is 11.1. The van der Waals surface area contributed by atoms with E-state index >= 15 is 0 Å². The van der Waals surface area contributed by atoms with E-state index in [9.17, 15) is 4.79 Å². The molecule has 2 N–H and O–H groups in total. The lowest BCUT2D eigenvalue weighted by Gasteiger charge is -2.27. The molecule has 0 bridgehead atoms. The van der Waals surface area contributed by atoms with Gasteiger partial charge in [-0.05, 0) is 20.3 Å². The summed E-state index contributed by atoms with van der Waals surface area (Å²) >= 11 is 1.61. The zero-order chi connectivity index (χ0) is 12.3. The average Bonchev–Trinajstić information content (AvgIpc) is 2.62. The second kappa shape index (κ2) is 4.93. The Morgan fingerprint density at radius 2 is 2.31 bits per heavy atom. The highest BCUT2D eigenvalue weighted by Gasteiger charge is 2.29. The molecule has 1 amide bonds. The molecule has 16 heavy (non-hydrogen) atoms. The van der Waals surface area contributed by atoms with Crippen LogP contribution in [-0.4, -0.2) is 28.4 Å². The summed E-state index contributed by atoms with van der Waals surface area (Å²) in [6, 6.07) is 0.